The summed E-state index contributed by atoms with van der Waals surface area (Å²) in [6.45, 7) is 1.83. The Balaban J connectivity index is 0.000000186. The van der Waals surface area contributed by atoms with Gasteiger partial charge in [-0.25, -0.2) is 4.39 Å². The van der Waals surface area contributed by atoms with Crippen LogP contribution in [0.4, 0.5) is 15.8 Å². The van der Waals surface area contributed by atoms with Gasteiger partial charge in [-0.3, -0.25) is 14.6 Å². The predicted molar refractivity (Wildman–Crippen MR) is 139 cm³/mol. The summed E-state index contributed by atoms with van der Waals surface area (Å²) in [5, 5.41) is 3.41. The summed E-state index contributed by atoms with van der Waals surface area (Å²) >= 11 is 0. The van der Waals surface area contributed by atoms with Crippen molar-refractivity contribution in [1.29, 1.82) is 0 Å². The van der Waals surface area contributed by atoms with E-state index in [9.17, 15) is 18.8 Å². The van der Waals surface area contributed by atoms with Crippen LogP contribution in [0, 0.1) is 18.2 Å². The van der Waals surface area contributed by atoms with Crippen molar-refractivity contribution >= 4 is 40.4 Å². The van der Waals surface area contributed by atoms with Gasteiger partial charge in [-0.15, -0.1) is 0 Å². The van der Waals surface area contributed by atoms with Gasteiger partial charge in [0.15, 0.2) is 0 Å². The van der Waals surface area contributed by atoms with Gasteiger partial charge in [-0.1, -0.05) is 0 Å². The molecule has 1 aliphatic rings. The maximum atomic E-state index is 12.6. The molecule has 1 fully saturated rings. The van der Waals surface area contributed by atoms with E-state index in [1.165, 1.54) is 24.3 Å². The lowest BCUT2D eigenvalue weighted by Gasteiger charge is -2.11. The smallest absolute Gasteiger partial charge is 0.249 e. The van der Waals surface area contributed by atoms with E-state index in [0.717, 1.165) is 10.9 Å². The lowest BCUT2D eigenvalue weighted by atomic mass is 10.0. The normalized spacial score (nSPS) is 13.1. The van der Waals surface area contributed by atoms with Gasteiger partial charge < -0.3 is 26.3 Å². The van der Waals surface area contributed by atoms with Crippen LogP contribution in [-0.4, -0.2) is 23.1 Å². The van der Waals surface area contributed by atoms with E-state index in [4.69, 9.17) is 16.2 Å². The molecule has 4 aromatic rings. The van der Waals surface area contributed by atoms with Crippen LogP contribution in [0.15, 0.2) is 72.9 Å². The van der Waals surface area contributed by atoms with E-state index in [0.29, 0.717) is 53.1 Å². The van der Waals surface area contributed by atoms with Crippen molar-refractivity contribution in [2.75, 3.05) is 11.1 Å². The third-order valence-corrected chi connectivity index (χ3v) is 5.99. The molecular weight excluding hydrogens is 475 g/mol. The maximum Gasteiger partial charge on any atom is 0.249 e. The van der Waals surface area contributed by atoms with E-state index in [1.807, 2.05) is 13.0 Å². The number of anilines is 2. The van der Waals surface area contributed by atoms with Crippen molar-refractivity contribution < 1.29 is 23.5 Å². The average Bonchev–Trinajstić information content (AvgIpc) is 3.69. The summed E-state index contributed by atoms with van der Waals surface area (Å²) in [5.41, 5.74) is 13.3. The fourth-order valence-corrected chi connectivity index (χ4v) is 3.61. The second-order valence-electron chi connectivity index (χ2n) is 8.76. The van der Waals surface area contributed by atoms with Crippen LogP contribution in [0.25, 0.3) is 10.9 Å². The lowest BCUT2D eigenvalue weighted by molar-refractivity contribution is -0.126. The average molecular weight is 501 g/mol. The highest BCUT2D eigenvalue weighted by molar-refractivity contribution is 6.07. The molecule has 8 nitrogen and oxygen atoms in total. The number of nitrogen functional groups attached to an aromatic ring is 1. The summed E-state index contributed by atoms with van der Waals surface area (Å²) < 4.78 is 18.5. The number of nitrogens with one attached hydrogen (secondary N) is 1. The number of ether oxygens (including phenoxy) is 1. The molecule has 0 unspecified atom stereocenters. The van der Waals surface area contributed by atoms with Gasteiger partial charge >= 0.3 is 0 Å². The largest absolute Gasteiger partial charge is 0.457 e. The van der Waals surface area contributed by atoms with Gasteiger partial charge in [0.2, 0.25) is 11.8 Å². The number of primary amides is 1. The Morgan fingerprint density at radius 1 is 1.05 bits per heavy atom. The van der Waals surface area contributed by atoms with Crippen LogP contribution >= 0.6 is 0 Å². The topological polar surface area (TPSA) is 137 Å². The number of rotatable bonds is 6. The van der Waals surface area contributed by atoms with E-state index >= 15 is 0 Å². The molecule has 5 N–H and O–H groups in total. The molecule has 0 atom stereocenters. The first kappa shape index (κ1) is 25.3. The fourth-order valence-electron chi connectivity index (χ4n) is 3.61. The minimum Gasteiger partial charge on any atom is -0.457 e. The van der Waals surface area contributed by atoms with Crippen LogP contribution in [0.2, 0.25) is 0 Å². The monoisotopic (exact) mass is 500 g/mol. The lowest BCUT2D eigenvalue weighted by Crippen LogP contribution is -2.25. The highest BCUT2D eigenvalue weighted by Gasteiger charge is 2.50. The summed E-state index contributed by atoms with van der Waals surface area (Å²) in [6.07, 6.45) is 3.52. The molecule has 1 saturated carbocycles. The quantitative estimate of drug-likeness (QED) is 0.198. The van der Waals surface area contributed by atoms with E-state index in [-0.39, 0.29) is 11.7 Å². The van der Waals surface area contributed by atoms with E-state index in [1.54, 1.807) is 42.6 Å². The summed E-state index contributed by atoms with van der Waals surface area (Å²) in [7, 11) is 0. The number of aromatic nitrogens is 1. The van der Waals surface area contributed by atoms with Crippen molar-refractivity contribution in [2.45, 2.75) is 19.8 Å². The summed E-state index contributed by atoms with van der Waals surface area (Å²) in [6, 6.07) is 17.9. The first-order chi connectivity index (χ1) is 17.7. The first-order valence-corrected chi connectivity index (χ1v) is 11.5. The van der Waals surface area contributed by atoms with Crippen LogP contribution < -0.4 is 21.5 Å². The molecular formula is C28H25FN4O4. The zero-order valence-electron chi connectivity index (χ0n) is 20.0. The highest BCUT2D eigenvalue weighted by Crippen LogP contribution is 2.44. The van der Waals surface area contributed by atoms with Gasteiger partial charge in [0.05, 0.1) is 5.52 Å². The molecule has 1 heterocycles. The van der Waals surface area contributed by atoms with E-state index < -0.39 is 11.3 Å². The fraction of sp³-hybridized carbons (Fsp3) is 0.143. The zero-order valence-corrected chi connectivity index (χ0v) is 20.0. The highest BCUT2D eigenvalue weighted by atomic mass is 19.1. The van der Waals surface area contributed by atoms with Gasteiger partial charge in [-0.05, 0) is 92.1 Å². The molecule has 0 aliphatic heterocycles. The first-order valence-electron chi connectivity index (χ1n) is 11.5. The van der Waals surface area contributed by atoms with Crippen molar-refractivity contribution in [3.63, 3.8) is 0 Å². The molecule has 0 spiro atoms. The maximum absolute atomic E-state index is 12.6. The molecule has 1 aromatic heterocycles. The van der Waals surface area contributed by atoms with Crippen molar-refractivity contribution in [2.24, 2.45) is 11.1 Å². The van der Waals surface area contributed by atoms with Gasteiger partial charge in [0.25, 0.3) is 0 Å². The van der Waals surface area contributed by atoms with E-state index in [2.05, 4.69) is 10.3 Å². The van der Waals surface area contributed by atoms with Crippen LogP contribution in [0.1, 0.15) is 28.8 Å². The number of benzene rings is 3. The Hall–Kier alpha value is -4.79. The molecule has 2 amide bonds. The third kappa shape index (κ3) is 5.90. The minimum absolute atomic E-state index is 0.302. The van der Waals surface area contributed by atoms with Crippen LogP contribution in [0.3, 0.4) is 0 Å². The summed E-state index contributed by atoms with van der Waals surface area (Å²) in [5.74, 6) is 0.215. The molecule has 188 valence electrons. The van der Waals surface area contributed by atoms with Crippen molar-refractivity contribution in [3.05, 3.63) is 89.9 Å². The molecule has 0 radical (unpaired) electrons. The number of aldehydes is 1. The Morgan fingerprint density at radius 3 is 2.32 bits per heavy atom. The number of halogens is 1. The molecule has 5 rings (SSSR count). The van der Waals surface area contributed by atoms with Crippen LogP contribution in [0.5, 0.6) is 11.5 Å². The standard InChI is InChI=1S/C17H15N3O2.C11H10FNO2/c1-10-8-14-15(9-13(10)17(19)21)20-7-6-16(14)22-12-4-2-11(18)3-5-12;12-8-1-3-9(4-2-8)13-10(15)11(7-14)5-6-11/h2-9H,18H2,1H3,(H2,19,21);1-4,7H,5-6H2,(H,13,15). The number of carbonyl (C=O) groups is 3. The second kappa shape index (κ2) is 10.4. The van der Waals surface area contributed by atoms with Gasteiger partial charge in [0, 0.05) is 28.5 Å². The number of nitrogens with two attached hydrogens (primary N) is 2. The Kier molecular flexibility index (Phi) is 7.15. The molecule has 3 aromatic carbocycles. The zero-order chi connectivity index (χ0) is 26.6. The summed E-state index contributed by atoms with van der Waals surface area (Å²) in [4.78, 5) is 37.9. The van der Waals surface area contributed by atoms with Gasteiger partial charge in [-0.2, -0.15) is 0 Å². The number of pyridine rings is 1. The Labute approximate surface area is 212 Å². The number of amides is 2. The number of hydrogen-bond acceptors (Lipinski definition) is 6. The number of carbonyl (C=O) groups excluding carboxylic acids is 3. The number of fused-ring (bicyclic) bond motifs is 1. The molecule has 9 heteroatoms. The molecule has 0 bridgehead atoms. The second-order valence-corrected chi connectivity index (χ2v) is 8.76. The van der Waals surface area contributed by atoms with Crippen LogP contribution in [-0.2, 0) is 9.59 Å². The van der Waals surface area contributed by atoms with Gasteiger partial charge in [0.1, 0.15) is 29.0 Å². The Morgan fingerprint density at radius 2 is 1.73 bits per heavy atom. The minimum atomic E-state index is -0.825. The molecule has 1 aliphatic carbocycles. The molecule has 37 heavy (non-hydrogen) atoms. The number of aryl methyl sites for hydroxylation is 1. The third-order valence-electron chi connectivity index (χ3n) is 5.99. The predicted octanol–water partition coefficient (Wildman–Crippen LogP) is 4.76. The Bertz CT molecular complexity index is 1470. The number of hydrogen-bond donors (Lipinski definition) is 3. The number of nitrogens with zero attached hydrogens (tertiary/aromatic N) is 1. The SMILES string of the molecule is Cc1cc2c(Oc3ccc(N)cc3)ccnc2cc1C(N)=O.O=CC1(C(=O)Nc2ccc(F)cc2)CC1. The molecule has 0 saturated heterocycles. The van der Waals surface area contributed by atoms with Crippen molar-refractivity contribution in [3.8, 4) is 11.5 Å². The van der Waals surface area contributed by atoms with Crippen molar-refractivity contribution in [1.82, 2.24) is 4.98 Å².